The molecule has 0 saturated carbocycles. The molecule has 1 N–H and O–H groups in total. The number of hydrogen-bond acceptors (Lipinski definition) is 2. The summed E-state index contributed by atoms with van der Waals surface area (Å²) in [5, 5.41) is 8.62. The Morgan fingerprint density at radius 1 is 1.47 bits per heavy atom. The van der Waals surface area contributed by atoms with Gasteiger partial charge in [-0.1, -0.05) is 24.8 Å². The third-order valence-electron chi connectivity index (χ3n) is 2.33. The van der Waals surface area contributed by atoms with E-state index in [-0.39, 0.29) is 12.5 Å². The van der Waals surface area contributed by atoms with E-state index in [0.29, 0.717) is 5.56 Å². The lowest BCUT2D eigenvalue weighted by Gasteiger charge is -2.15. The second-order valence-electron chi connectivity index (χ2n) is 3.77. The maximum absolute atomic E-state index is 12.0. The molecule has 1 aromatic carbocycles. The number of aliphatic hydroxyl groups is 1. The zero-order chi connectivity index (χ0) is 12.7. The van der Waals surface area contributed by atoms with Gasteiger partial charge >= 0.3 is 0 Å². The summed E-state index contributed by atoms with van der Waals surface area (Å²) in [5.74, 6) is 5.36. The van der Waals surface area contributed by atoms with Crippen molar-refractivity contribution < 1.29 is 9.90 Å². The summed E-state index contributed by atoms with van der Waals surface area (Å²) < 4.78 is 0. The predicted molar refractivity (Wildman–Crippen MR) is 67.7 cm³/mol. The number of amides is 1. The minimum absolute atomic E-state index is 0.000464. The molecule has 1 amide bonds. The van der Waals surface area contributed by atoms with Gasteiger partial charge in [0.05, 0.1) is 0 Å². The second kappa shape index (κ2) is 6.72. The van der Waals surface area contributed by atoms with E-state index in [1.54, 1.807) is 30.1 Å². The van der Waals surface area contributed by atoms with Crippen LogP contribution in [0.15, 0.2) is 24.3 Å². The topological polar surface area (TPSA) is 40.5 Å². The van der Waals surface area contributed by atoms with Crippen LogP contribution in [0.2, 0.25) is 0 Å². The number of aliphatic hydroxyl groups excluding tert-OH is 1. The van der Waals surface area contributed by atoms with Crippen molar-refractivity contribution in [3.8, 4) is 11.8 Å². The maximum Gasteiger partial charge on any atom is 0.253 e. The van der Waals surface area contributed by atoms with Crippen molar-refractivity contribution >= 4 is 5.91 Å². The average Bonchev–Trinajstić information content (AvgIpc) is 2.36. The number of benzene rings is 1. The fourth-order valence-electron chi connectivity index (χ4n) is 1.53. The Kier molecular flexibility index (Phi) is 5.25. The zero-order valence-electron chi connectivity index (χ0n) is 10.2. The highest BCUT2D eigenvalue weighted by atomic mass is 16.2. The van der Waals surface area contributed by atoms with Crippen LogP contribution in [0.1, 0.15) is 29.3 Å². The highest BCUT2D eigenvalue weighted by Gasteiger charge is 2.10. The molecule has 0 atom stereocenters. The highest BCUT2D eigenvalue weighted by Crippen LogP contribution is 2.07. The lowest BCUT2D eigenvalue weighted by atomic mass is 10.1. The molecule has 0 radical (unpaired) electrons. The Balaban J connectivity index is 2.87. The molecule has 0 aliphatic heterocycles. The van der Waals surface area contributed by atoms with Crippen molar-refractivity contribution in [3.05, 3.63) is 35.4 Å². The normalized spacial score (nSPS) is 9.35. The number of carbonyl (C=O) groups is 1. The van der Waals surface area contributed by atoms with Crippen molar-refractivity contribution in [2.75, 3.05) is 20.2 Å². The van der Waals surface area contributed by atoms with Crippen LogP contribution in [-0.2, 0) is 0 Å². The minimum atomic E-state index is -0.173. The number of carbonyl (C=O) groups excluding carboxylic acids is 1. The number of nitrogens with zero attached hydrogens (tertiary/aromatic N) is 1. The molecule has 0 fully saturated rings. The molecular weight excluding hydrogens is 214 g/mol. The van der Waals surface area contributed by atoms with Crippen molar-refractivity contribution in [1.82, 2.24) is 4.90 Å². The van der Waals surface area contributed by atoms with Gasteiger partial charge in [-0.05, 0) is 24.6 Å². The van der Waals surface area contributed by atoms with Gasteiger partial charge < -0.3 is 10.0 Å². The molecular formula is C14H17NO2. The maximum atomic E-state index is 12.0. The van der Waals surface area contributed by atoms with Gasteiger partial charge in [0.1, 0.15) is 6.61 Å². The van der Waals surface area contributed by atoms with Crippen LogP contribution in [0.3, 0.4) is 0 Å². The summed E-state index contributed by atoms with van der Waals surface area (Å²) in [4.78, 5) is 13.7. The van der Waals surface area contributed by atoms with Gasteiger partial charge in [0.2, 0.25) is 0 Å². The van der Waals surface area contributed by atoms with E-state index in [2.05, 4.69) is 11.8 Å². The smallest absolute Gasteiger partial charge is 0.253 e. The SMILES string of the molecule is CCCN(C)C(=O)c1cccc(C#CCO)c1. The van der Waals surface area contributed by atoms with Crippen molar-refractivity contribution in [3.63, 3.8) is 0 Å². The largest absolute Gasteiger partial charge is 0.384 e. The molecule has 0 spiro atoms. The molecule has 0 bridgehead atoms. The van der Waals surface area contributed by atoms with E-state index in [0.717, 1.165) is 18.5 Å². The first-order valence-corrected chi connectivity index (χ1v) is 5.64. The van der Waals surface area contributed by atoms with Gasteiger partial charge in [0.15, 0.2) is 0 Å². The highest BCUT2D eigenvalue weighted by molar-refractivity contribution is 5.94. The number of rotatable bonds is 3. The quantitative estimate of drug-likeness (QED) is 0.801. The molecule has 0 aliphatic carbocycles. The Morgan fingerprint density at radius 2 is 2.24 bits per heavy atom. The van der Waals surface area contributed by atoms with Crippen molar-refractivity contribution in [2.24, 2.45) is 0 Å². The Bertz CT molecular complexity index is 443. The molecule has 0 unspecified atom stereocenters. The van der Waals surface area contributed by atoms with E-state index in [1.165, 1.54) is 0 Å². The van der Waals surface area contributed by atoms with Gasteiger partial charge in [-0.2, -0.15) is 0 Å². The van der Waals surface area contributed by atoms with Crippen LogP contribution < -0.4 is 0 Å². The monoisotopic (exact) mass is 231 g/mol. The van der Waals surface area contributed by atoms with E-state index >= 15 is 0 Å². The van der Waals surface area contributed by atoms with E-state index in [1.807, 2.05) is 13.0 Å². The Hall–Kier alpha value is -1.79. The summed E-state index contributed by atoms with van der Waals surface area (Å²) in [6.45, 7) is 2.60. The lowest BCUT2D eigenvalue weighted by molar-refractivity contribution is 0.0795. The molecule has 0 heterocycles. The molecule has 3 heteroatoms. The van der Waals surface area contributed by atoms with Crippen LogP contribution in [0, 0.1) is 11.8 Å². The first kappa shape index (κ1) is 13.3. The van der Waals surface area contributed by atoms with Crippen LogP contribution in [0.25, 0.3) is 0 Å². The summed E-state index contributed by atoms with van der Waals surface area (Å²) in [6, 6.07) is 7.14. The molecule has 1 aromatic rings. The van der Waals surface area contributed by atoms with Crippen LogP contribution in [0.5, 0.6) is 0 Å². The van der Waals surface area contributed by atoms with Crippen LogP contribution in [0.4, 0.5) is 0 Å². The fraction of sp³-hybridized carbons (Fsp3) is 0.357. The molecule has 17 heavy (non-hydrogen) atoms. The summed E-state index contributed by atoms with van der Waals surface area (Å²) in [6.07, 6.45) is 0.937. The molecule has 0 saturated heterocycles. The Morgan fingerprint density at radius 3 is 2.88 bits per heavy atom. The average molecular weight is 231 g/mol. The predicted octanol–water partition coefficient (Wildman–Crippen LogP) is 1.51. The van der Waals surface area contributed by atoms with Gasteiger partial charge in [-0.15, -0.1) is 0 Å². The second-order valence-corrected chi connectivity index (χ2v) is 3.77. The Labute approximate surface area is 102 Å². The summed E-state index contributed by atoms with van der Waals surface area (Å²) in [5.41, 5.74) is 1.38. The van der Waals surface area contributed by atoms with Crippen molar-refractivity contribution in [2.45, 2.75) is 13.3 Å². The standard InChI is InChI=1S/C14H17NO2/c1-3-9-15(2)14(17)13-8-4-6-12(11-13)7-5-10-16/h4,6,8,11,16H,3,9-10H2,1-2H3. The van der Waals surface area contributed by atoms with Gasteiger partial charge in [0.25, 0.3) is 5.91 Å². The van der Waals surface area contributed by atoms with Crippen molar-refractivity contribution in [1.29, 1.82) is 0 Å². The number of hydrogen-bond donors (Lipinski definition) is 1. The zero-order valence-corrected chi connectivity index (χ0v) is 10.2. The molecule has 3 nitrogen and oxygen atoms in total. The first-order valence-electron chi connectivity index (χ1n) is 5.64. The molecule has 0 aliphatic rings. The molecule has 1 rings (SSSR count). The minimum Gasteiger partial charge on any atom is -0.384 e. The summed E-state index contributed by atoms with van der Waals surface area (Å²) in [7, 11) is 1.79. The van der Waals surface area contributed by atoms with Crippen LogP contribution in [-0.4, -0.2) is 36.1 Å². The van der Waals surface area contributed by atoms with E-state index in [9.17, 15) is 4.79 Å². The van der Waals surface area contributed by atoms with Gasteiger partial charge in [-0.25, -0.2) is 0 Å². The fourth-order valence-corrected chi connectivity index (χ4v) is 1.53. The third kappa shape index (κ3) is 3.93. The van der Waals surface area contributed by atoms with Crippen LogP contribution >= 0.6 is 0 Å². The van der Waals surface area contributed by atoms with Gasteiger partial charge in [0, 0.05) is 24.7 Å². The molecule has 0 aromatic heterocycles. The molecule has 90 valence electrons. The lowest BCUT2D eigenvalue weighted by Crippen LogP contribution is -2.27. The summed E-state index contributed by atoms with van der Waals surface area (Å²) >= 11 is 0. The van der Waals surface area contributed by atoms with E-state index < -0.39 is 0 Å². The van der Waals surface area contributed by atoms with E-state index in [4.69, 9.17) is 5.11 Å². The first-order chi connectivity index (χ1) is 8.19. The third-order valence-corrected chi connectivity index (χ3v) is 2.33. The van der Waals surface area contributed by atoms with Gasteiger partial charge in [-0.3, -0.25) is 4.79 Å².